The van der Waals surface area contributed by atoms with E-state index >= 15 is 0 Å². The molecule has 1 saturated heterocycles. The summed E-state index contributed by atoms with van der Waals surface area (Å²) in [5.74, 6) is 0.494. The third kappa shape index (κ3) is 4.76. The van der Waals surface area contributed by atoms with E-state index in [0.29, 0.717) is 23.9 Å². The lowest BCUT2D eigenvalue weighted by Crippen LogP contribution is -2.49. The number of hydrogen-bond donors (Lipinski definition) is 2. The summed E-state index contributed by atoms with van der Waals surface area (Å²) in [4.78, 5) is 26.4. The second-order valence-corrected chi connectivity index (χ2v) is 6.95. The lowest BCUT2D eigenvalue weighted by Gasteiger charge is -2.23. The second kappa shape index (κ2) is 8.71. The maximum absolute atomic E-state index is 13.0. The molecule has 0 aromatic heterocycles. The number of carbonyl (C=O) groups excluding carboxylic acids is 2. The van der Waals surface area contributed by atoms with Gasteiger partial charge in [-0.25, -0.2) is 9.18 Å². The molecule has 5 nitrogen and oxygen atoms in total. The number of anilines is 1. The SMILES string of the molecule is O=C(NCCc1ccccc1)[C@@H]1CSCN1C(=O)Nc1ccc(F)cc1. The summed E-state index contributed by atoms with van der Waals surface area (Å²) in [5.41, 5.74) is 1.65. The van der Waals surface area contributed by atoms with Crippen molar-refractivity contribution in [3.8, 4) is 0 Å². The van der Waals surface area contributed by atoms with Crippen LogP contribution in [0.2, 0.25) is 0 Å². The summed E-state index contributed by atoms with van der Waals surface area (Å²) in [6.07, 6.45) is 0.744. The number of urea groups is 1. The van der Waals surface area contributed by atoms with Gasteiger partial charge in [0, 0.05) is 18.0 Å². The zero-order valence-corrected chi connectivity index (χ0v) is 15.0. The van der Waals surface area contributed by atoms with Crippen molar-refractivity contribution in [3.63, 3.8) is 0 Å². The number of halogens is 1. The smallest absolute Gasteiger partial charge is 0.323 e. The van der Waals surface area contributed by atoms with Gasteiger partial charge in [-0.3, -0.25) is 4.79 Å². The number of nitrogens with zero attached hydrogens (tertiary/aromatic N) is 1. The van der Waals surface area contributed by atoms with Gasteiger partial charge in [-0.2, -0.15) is 0 Å². The highest BCUT2D eigenvalue weighted by atomic mass is 32.2. The maximum atomic E-state index is 13.0. The topological polar surface area (TPSA) is 61.4 Å². The van der Waals surface area contributed by atoms with Crippen molar-refractivity contribution in [2.45, 2.75) is 12.5 Å². The van der Waals surface area contributed by atoms with E-state index in [1.165, 1.54) is 40.9 Å². The Hall–Kier alpha value is -2.54. The minimum atomic E-state index is -0.503. The monoisotopic (exact) mass is 373 g/mol. The molecular formula is C19H20FN3O2S. The molecule has 1 atom stereocenters. The van der Waals surface area contributed by atoms with Crippen LogP contribution >= 0.6 is 11.8 Å². The van der Waals surface area contributed by atoms with Crippen LogP contribution in [0.25, 0.3) is 0 Å². The van der Waals surface area contributed by atoms with Crippen molar-refractivity contribution in [1.82, 2.24) is 10.2 Å². The lowest BCUT2D eigenvalue weighted by atomic mass is 10.1. The van der Waals surface area contributed by atoms with E-state index in [1.807, 2.05) is 30.3 Å². The van der Waals surface area contributed by atoms with Gasteiger partial charge in [0.1, 0.15) is 11.9 Å². The Morgan fingerprint density at radius 3 is 2.58 bits per heavy atom. The lowest BCUT2D eigenvalue weighted by molar-refractivity contribution is -0.124. The fourth-order valence-corrected chi connectivity index (χ4v) is 3.83. The Kier molecular flexibility index (Phi) is 6.12. The Bertz CT molecular complexity index is 755. The fourth-order valence-electron chi connectivity index (χ4n) is 2.68. The van der Waals surface area contributed by atoms with Crippen molar-refractivity contribution in [1.29, 1.82) is 0 Å². The quantitative estimate of drug-likeness (QED) is 0.847. The van der Waals surface area contributed by atoms with Gasteiger partial charge >= 0.3 is 6.03 Å². The number of benzene rings is 2. The molecule has 2 aromatic rings. The van der Waals surface area contributed by atoms with Crippen LogP contribution in [-0.4, -0.2) is 41.1 Å². The van der Waals surface area contributed by atoms with Crippen LogP contribution in [-0.2, 0) is 11.2 Å². The summed E-state index contributed by atoms with van der Waals surface area (Å²) in [6, 6.07) is 14.6. The minimum Gasteiger partial charge on any atom is -0.354 e. The van der Waals surface area contributed by atoms with Crippen molar-refractivity contribution in [2.75, 3.05) is 23.5 Å². The molecule has 0 aliphatic carbocycles. The van der Waals surface area contributed by atoms with Crippen LogP contribution in [0.1, 0.15) is 5.56 Å². The van der Waals surface area contributed by atoms with Crippen LogP contribution in [0.5, 0.6) is 0 Å². The Morgan fingerprint density at radius 2 is 1.85 bits per heavy atom. The first-order valence-corrected chi connectivity index (χ1v) is 9.51. The molecule has 1 aliphatic rings. The molecule has 0 spiro atoms. The molecule has 1 aliphatic heterocycles. The summed E-state index contributed by atoms with van der Waals surface area (Å²) < 4.78 is 13.0. The van der Waals surface area contributed by atoms with Gasteiger partial charge < -0.3 is 15.5 Å². The number of nitrogens with one attached hydrogen (secondary N) is 2. The number of carbonyl (C=O) groups is 2. The van der Waals surface area contributed by atoms with Gasteiger partial charge in [0.2, 0.25) is 5.91 Å². The molecule has 136 valence electrons. The number of thioether (sulfide) groups is 1. The van der Waals surface area contributed by atoms with Gasteiger partial charge in [0.15, 0.2) is 0 Å². The molecule has 2 N–H and O–H groups in total. The Labute approximate surface area is 156 Å². The summed E-state index contributed by atoms with van der Waals surface area (Å²) in [5, 5.41) is 5.61. The normalized spacial score (nSPS) is 16.3. The standard InChI is InChI=1S/C19H20FN3O2S/c20-15-6-8-16(9-7-15)22-19(25)23-13-26-12-17(23)18(24)21-11-10-14-4-2-1-3-5-14/h1-9,17H,10-13H2,(H,21,24)(H,22,25)/t17-/m0/s1. The average molecular weight is 373 g/mol. The molecule has 0 unspecified atom stereocenters. The number of hydrogen-bond acceptors (Lipinski definition) is 3. The van der Waals surface area contributed by atoms with E-state index in [4.69, 9.17) is 0 Å². The Balaban J connectivity index is 1.52. The van der Waals surface area contributed by atoms with E-state index in [9.17, 15) is 14.0 Å². The molecule has 0 radical (unpaired) electrons. The Morgan fingerprint density at radius 1 is 1.12 bits per heavy atom. The molecule has 3 rings (SSSR count). The highest BCUT2D eigenvalue weighted by molar-refractivity contribution is 7.99. The molecule has 26 heavy (non-hydrogen) atoms. The molecule has 2 aromatic carbocycles. The second-order valence-electron chi connectivity index (χ2n) is 5.95. The predicted octanol–water partition coefficient (Wildman–Crippen LogP) is 3.09. The third-order valence-electron chi connectivity index (χ3n) is 4.10. The third-order valence-corrected chi connectivity index (χ3v) is 5.11. The van der Waals surface area contributed by atoms with E-state index in [-0.39, 0.29) is 17.8 Å². The molecule has 0 bridgehead atoms. The average Bonchev–Trinajstić information content (AvgIpc) is 3.14. The van der Waals surface area contributed by atoms with Crippen molar-refractivity contribution >= 4 is 29.4 Å². The molecule has 1 heterocycles. The van der Waals surface area contributed by atoms with Gasteiger partial charge in [-0.1, -0.05) is 30.3 Å². The van der Waals surface area contributed by atoms with Crippen molar-refractivity contribution in [2.24, 2.45) is 0 Å². The summed E-state index contributed by atoms with van der Waals surface area (Å²) >= 11 is 1.53. The van der Waals surface area contributed by atoms with Crippen molar-refractivity contribution < 1.29 is 14.0 Å². The summed E-state index contributed by atoms with van der Waals surface area (Å²) in [6.45, 7) is 0.525. The van der Waals surface area contributed by atoms with Crippen LogP contribution in [0.4, 0.5) is 14.9 Å². The van der Waals surface area contributed by atoms with Crippen LogP contribution in [0, 0.1) is 5.82 Å². The first kappa shape index (κ1) is 18.3. The van der Waals surface area contributed by atoms with Crippen LogP contribution in [0.15, 0.2) is 54.6 Å². The van der Waals surface area contributed by atoms with Gasteiger partial charge in [-0.15, -0.1) is 11.8 Å². The molecule has 0 saturated carbocycles. The predicted molar refractivity (Wildman–Crippen MR) is 102 cm³/mol. The summed E-state index contributed by atoms with van der Waals surface area (Å²) in [7, 11) is 0. The molecule has 3 amide bonds. The maximum Gasteiger partial charge on any atom is 0.323 e. The van der Waals surface area contributed by atoms with E-state index in [0.717, 1.165) is 12.0 Å². The molecule has 1 fully saturated rings. The number of amides is 3. The first-order chi connectivity index (χ1) is 12.6. The van der Waals surface area contributed by atoms with E-state index in [2.05, 4.69) is 10.6 Å². The highest BCUT2D eigenvalue weighted by Crippen LogP contribution is 2.22. The zero-order chi connectivity index (χ0) is 18.4. The van der Waals surface area contributed by atoms with E-state index < -0.39 is 6.04 Å². The molecular weight excluding hydrogens is 353 g/mol. The number of rotatable bonds is 5. The van der Waals surface area contributed by atoms with Gasteiger partial charge in [-0.05, 0) is 36.2 Å². The minimum absolute atomic E-state index is 0.153. The van der Waals surface area contributed by atoms with E-state index in [1.54, 1.807) is 0 Å². The largest absolute Gasteiger partial charge is 0.354 e. The van der Waals surface area contributed by atoms with Gasteiger partial charge in [0.25, 0.3) is 0 Å². The fraction of sp³-hybridized carbons (Fsp3) is 0.263. The van der Waals surface area contributed by atoms with Crippen LogP contribution < -0.4 is 10.6 Å². The highest BCUT2D eigenvalue weighted by Gasteiger charge is 2.34. The van der Waals surface area contributed by atoms with Gasteiger partial charge in [0.05, 0.1) is 5.88 Å². The van der Waals surface area contributed by atoms with Crippen LogP contribution in [0.3, 0.4) is 0 Å². The first-order valence-electron chi connectivity index (χ1n) is 8.36. The van der Waals surface area contributed by atoms with Crippen molar-refractivity contribution in [3.05, 3.63) is 66.0 Å². The zero-order valence-electron chi connectivity index (χ0n) is 14.2. The molecule has 7 heteroatoms.